The maximum absolute atomic E-state index is 6.06. The van der Waals surface area contributed by atoms with Crippen molar-refractivity contribution >= 4 is 43.5 Å². The van der Waals surface area contributed by atoms with Crippen molar-refractivity contribution in [2.75, 3.05) is 6.79 Å². The van der Waals surface area contributed by atoms with Crippen molar-refractivity contribution in [3.8, 4) is 22.9 Å². The van der Waals surface area contributed by atoms with E-state index in [1.165, 1.54) is 0 Å². The van der Waals surface area contributed by atoms with Crippen molar-refractivity contribution in [1.29, 1.82) is 0 Å². The molecule has 1 aliphatic rings. The number of benzene rings is 1. The van der Waals surface area contributed by atoms with Gasteiger partial charge in [0.25, 0.3) is 0 Å². The molecule has 98 valence electrons. The number of fused-ring (bicyclic) bond motifs is 1. The Morgan fingerprint density at radius 2 is 2.00 bits per heavy atom. The van der Waals surface area contributed by atoms with Gasteiger partial charge in [0.2, 0.25) is 6.79 Å². The van der Waals surface area contributed by atoms with Gasteiger partial charge in [0.1, 0.15) is 5.15 Å². The molecule has 1 aliphatic heterocycles. The summed E-state index contributed by atoms with van der Waals surface area (Å²) in [6.45, 7) is 2.08. The second-order valence-electron chi connectivity index (χ2n) is 3.93. The molecule has 0 spiro atoms. The third-order valence-corrected chi connectivity index (χ3v) is 4.70. The predicted octanol–water partition coefficient (Wildman–Crippen LogP) is 4.36. The number of aryl methyl sites for hydroxylation is 1. The molecule has 1 aromatic heterocycles. The van der Waals surface area contributed by atoms with Crippen LogP contribution in [0.2, 0.25) is 5.15 Å². The van der Waals surface area contributed by atoms with E-state index >= 15 is 0 Å². The van der Waals surface area contributed by atoms with Gasteiger partial charge in [-0.15, -0.1) is 0 Å². The molecule has 0 fully saturated rings. The molecule has 0 unspecified atom stereocenters. The number of hydrogen-bond donors (Lipinski definition) is 0. The molecule has 2 heterocycles. The number of hydrogen-bond acceptors (Lipinski definition) is 4. The highest BCUT2D eigenvalue weighted by atomic mass is 79.9. The summed E-state index contributed by atoms with van der Waals surface area (Å²) in [5.41, 5.74) is 1.59. The zero-order chi connectivity index (χ0) is 13.6. The molecule has 1 aromatic carbocycles. The van der Waals surface area contributed by atoms with Gasteiger partial charge in [0.15, 0.2) is 17.3 Å². The molecular weight excluding hydrogens is 399 g/mol. The Bertz CT molecular complexity index is 656. The Kier molecular flexibility index (Phi) is 3.41. The van der Waals surface area contributed by atoms with E-state index in [-0.39, 0.29) is 6.79 Å². The maximum atomic E-state index is 6.06. The quantitative estimate of drug-likeness (QED) is 0.660. The lowest BCUT2D eigenvalue weighted by atomic mass is 10.2. The second kappa shape index (κ2) is 4.92. The van der Waals surface area contributed by atoms with Crippen LogP contribution in [0.1, 0.15) is 5.69 Å². The summed E-state index contributed by atoms with van der Waals surface area (Å²) < 4.78 is 12.2. The first-order valence-electron chi connectivity index (χ1n) is 5.35. The van der Waals surface area contributed by atoms with Crippen molar-refractivity contribution in [3.05, 3.63) is 31.9 Å². The molecule has 0 bridgehead atoms. The van der Waals surface area contributed by atoms with Crippen molar-refractivity contribution in [3.63, 3.8) is 0 Å². The van der Waals surface area contributed by atoms with E-state index in [0.717, 1.165) is 15.7 Å². The molecule has 0 saturated heterocycles. The van der Waals surface area contributed by atoms with Crippen LogP contribution in [-0.4, -0.2) is 16.8 Å². The predicted molar refractivity (Wildman–Crippen MR) is 78.7 cm³/mol. The van der Waals surface area contributed by atoms with Crippen molar-refractivity contribution in [2.24, 2.45) is 0 Å². The largest absolute Gasteiger partial charge is 0.454 e. The molecule has 4 nitrogen and oxygen atoms in total. The number of aromatic nitrogens is 2. The van der Waals surface area contributed by atoms with E-state index in [4.69, 9.17) is 21.1 Å². The van der Waals surface area contributed by atoms with E-state index in [1.807, 2.05) is 19.1 Å². The molecule has 0 atom stereocenters. The Morgan fingerprint density at radius 3 is 2.74 bits per heavy atom. The highest BCUT2D eigenvalue weighted by Crippen LogP contribution is 2.42. The van der Waals surface area contributed by atoms with E-state index in [0.29, 0.717) is 26.9 Å². The fraction of sp³-hybridized carbons (Fsp3) is 0.167. The fourth-order valence-corrected chi connectivity index (χ4v) is 2.70. The molecule has 0 N–H and O–H groups in total. The van der Waals surface area contributed by atoms with Crippen LogP contribution in [0.5, 0.6) is 11.5 Å². The van der Waals surface area contributed by atoms with Crippen molar-refractivity contribution < 1.29 is 9.47 Å². The molecule has 0 radical (unpaired) electrons. The number of nitrogens with zero attached hydrogens (tertiary/aromatic N) is 2. The van der Waals surface area contributed by atoms with Crippen LogP contribution in [-0.2, 0) is 0 Å². The van der Waals surface area contributed by atoms with Gasteiger partial charge in [0, 0.05) is 5.56 Å². The van der Waals surface area contributed by atoms with E-state index in [2.05, 4.69) is 41.8 Å². The average Bonchev–Trinajstić information content (AvgIpc) is 2.84. The Hall–Kier alpha value is -0.850. The molecule has 19 heavy (non-hydrogen) atoms. The highest BCUT2D eigenvalue weighted by Gasteiger charge is 2.20. The first-order valence-corrected chi connectivity index (χ1v) is 7.32. The zero-order valence-corrected chi connectivity index (χ0v) is 13.6. The normalized spacial score (nSPS) is 12.8. The minimum Gasteiger partial charge on any atom is -0.454 e. The summed E-state index contributed by atoms with van der Waals surface area (Å²) in [5, 5.41) is 0.385. The van der Waals surface area contributed by atoms with Crippen LogP contribution in [0, 0.1) is 6.92 Å². The Balaban J connectivity index is 2.15. The van der Waals surface area contributed by atoms with Crippen LogP contribution < -0.4 is 9.47 Å². The van der Waals surface area contributed by atoms with Crippen LogP contribution in [0.15, 0.2) is 21.1 Å². The Labute approximate surface area is 131 Å². The second-order valence-corrected chi connectivity index (χ2v) is 5.93. The third kappa shape index (κ3) is 2.32. The first-order chi connectivity index (χ1) is 9.06. The SMILES string of the molecule is Cc1nc(-c2cc(Br)c3c(c2)OCO3)nc(Cl)c1Br. The van der Waals surface area contributed by atoms with Crippen LogP contribution in [0.3, 0.4) is 0 Å². The molecule has 0 aliphatic carbocycles. The summed E-state index contributed by atoms with van der Waals surface area (Å²) in [6, 6.07) is 3.72. The smallest absolute Gasteiger partial charge is 0.231 e. The lowest BCUT2D eigenvalue weighted by Crippen LogP contribution is -1.94. The van der Waals surface area contributed by atoms with Crippen molar-refractivity contribution in [2.45, 2.75) is 6.92 Å². The van der Waals surface area contributed by atoms with E-state index < -0.39 is 0 Å². The summed E-state index contributed by atoms with van der Waals surface area (Å²) in [6.07, 6.45) is 0. The van der Waals surface area contributed by atoms with Crippen LogP contribution >= 0.6 is 43.5 Å². The highest BCUT2D eigenvalue weighted by molar-refractivity contribution is 9.11. The molecule has 7 heteroatoms. The van der Waals surface area contributed by atoms with Gasteiger partial charge in [0.05, 0.1) is 14.6 Å². The molecule has 3 rings (SSSR count). The molecule has 0 saturated carbocycles. The lowest BCUT2D eigenvalue weighted by Gasteiger charge is -2.07. The van der Waals surface area contributed by atoms with Gasteiger partial charge in [-0.25, -0.2) is 9.97 Å². The number of halogens is 3. The van der Waals surface area contributed by atoms with Crippen molar-refractivity contribution in [1.82, 2.24) is 9.97 Å². The van der Waals surface area contributed by atoms with Crippen LogP contribution in [0.4, 0.5) is 0 Å². The van der Waals surface area contributed by atoms with Gasteiger partial charge in [-0.05, 0) is 50.9 Å². The van der Waals surface area contributed by atoms with Gasteiger partial charge in [-0.1, -0.05) is 11.6 Å². The molecule has 2 aromatic rings. The topological polar surface area (TPSA) is 44.2 Å². The van der Waals surface area contributed by atoms with Gasteiger partial charge in [-0.2, -0.15) is 0 Å². The standard InChI is InChI=1S/C12H7Br2ClN2O2/c1-5-9(14)11(15)17-12(16-5)6-2-7(13)10-8(3-6)18-4-19-10/h2-3H,4H2,1H3. The summed E-state index contributed by atoms with van der Waals surface area (Å²) in [5.74, 6) is 1.91. The minimum absolute atomic E-state index is 0.221. The first kappa shape index (κ1) is 13.1. The average molecular weight is 406 g/mol. The zero-order valence-electron chi connectivity index (χ0n) is 9.71. The monoisotopic (exact) mass is 404 g/mol. The maximum Gasteiger partial charge on any atom is 0.231 e. The fourth-order valence-electron chi connectivity index (χ4n) is 1.75. The minimum atomic E-state index is 0.221. The third-order valence-electron chi connectivity index (χ3n) is 2.66. The number of ether oxygens (including phenoxy) is 2. The van der Waals surface area contributed by atoms with Gasteiger partial charge < -0.3 is 9.47 Å². The van der Waals surface area contributed by atoms with E-state index in [9.17, 15) is 0 Å². The summed E-state index contributed by atoms with van der Waals surface area (Å²) in [7, 11) is 0. The summed E-state index contributed by atoms with van der Waals surface area (Å²) >= 11 is 12.8. The molecular formula is C12H7Br2ClN2O2. The van der Waals surface area contributed by atoms with Gasteiger partial charge >= 0.3 is 0 Å². The van der Waals surface area contributed by atoms with Crippen LogP contribution in [0.25, 0.3) is 11.4 Å². The van der Waals surface area contributed by atoms with Gasteiger partial charge in [-0.3, -0.25) is 0 Å². The molecule has 0 amide bonds. The lowest BCUT2D eigenvalue weighted by molar-refractivity contribution is 0.173. The van der Waals surface area contributed by atoms with E-state index in [1.54, 1.807) is 0 Å². The number of rotatable bonds is 1. The summed E-state index contributed by atoms with van der Waals surface area (Å²) in [4.78, 5) is 8.67. The Morgan fingerprint density at radius 1 is 1.21 bits per heavy atom.